The second kappa shape index (κ2) is 6.53. The molecule has 19 heavy (non-hydrogen) atoms. The molecule has 2 nitrogen and oxygen atoms in total. The third-order valence-electron chi connectivity index (χ3n) is 4.65. The van der Waals surface area contributed by atoms with Crippen molar-refractivity contribution >= 4 is 0 Å². The van der Waals surface area contributed by atoms with E-state index >= 15 is 0 Å². The third-order valence-corrected chi connectivity index (χ3v) is 4.65. The first kappa shape index (κ1) is 13.1. The summed E-state index contributed by atoms with van der Waals surface area (Å²) in [5.41, 5.74) is 3.14. The molecule has 1 saturated heterocycles. The number of nitrogens with one attached hydrogen (secondary N) is 1. The van der Waals surface area contributed by atoms with Gasteiger partial charge >= 0.3 is 0 Å². The molecule has 0 bridgehead atoms. The van der Waals surface area contributed by atoms with Crippen LogP contribution in [0.2, 0.25) is 0 Å². The van der Waals surface area contributed by atoms with E-state index in [1.807, 2.05) is 0 Å². The Morgan fingerprint density at radius 2 is 1.74 bits per heavy atom. The largest absolute Gasteiger partial charge is 0.313 e. The number of hydrogen-bond acceptors (Lipinski definition) is 2. The van der Waals surface area contributed by atoms with Gasteiger partial charge in [-0.2, -0.15) is 0 Å². The minimum Gasteiger partial charge on any atom is -0.313 e. The van der Waals surface area contributed by atoms with Crippen molar-refractivity contribution in [1.82, 2.24) is 10.2 Å². The fourth-order valence-corrected chi connectivity index (χ4v) is 3.47. The predicted molar refractivity (Wildman–Crippen MR) is 80.5 cm³/mol. The molecule has 1 fully saturated rings. The van der Waals surface area contributed by atoms with Gasteiger partial charge in [-0.05, 0) is 43.4 Å². The monoisotopic (exact) mass is 258 g/mol. The second-order valence-electron chi connectivity index (χ2n) is 6.07. The lowest BCUT2D eigenvalue weighted by molar-refractivity contribution is 0.249. The zero-order valence-electron chi connectivity index (χ0n) is 11.9. The molecule has 2 heterocycles. The lowest BCUT2D eigenvalue weighted by Gasteiger charge is -2.26. The van der Waals surface area contributed by atoms with Gasteiger partial charge in [-0.3, -0.25) is 0 Å². The van der Waals surface area contributed by atoms with Crippen LogP contribution < -0.4 is 5.32 Å². The SMILES string of the molecule is c1ccc2c(c1)CCN(CC1CCCCCN1)CC2. The van der Waals surface area contributed by atoms with Crippen LogP contribution in [0.3, 0.4) is 0 Å². The van der Waals surface area contributed by atoms with Gasteiger partial charge in [0.15, 0.2) is 0 Å². The average molecular weight is 258 g/mol. The Bertz CT molecular complexity index is 367. The summed E-state index contributed by atoms with van der Waals surface area (Å²) in [6.45, 7) is 4.93. The van der Waals surface area contributed by atoms with Crippen LogP contribution in [0.5, 0.6) is 0 Å². The van der Waals surface area contributed by atoms with Gasteiger partial charge in [0.05, 0.1) is 0 Å². The average Bonchev–Trinajstić information content (AvgIpc) is 2.81. The molecule has 0 aromatic heterocycles. The highest BCUT2D eigenvalue weighted by Crippen LogP contribution is 2.17. The molecule has 1 unspecified atom stereocenters. The third kappa shape index (κ3) is 3.58. The summed E-state index contributed by atoms with van der Waals surface area (Å²) in [4.78, 5) is 2.67. The molecule has 2 aliphatic heterocycles. The Balaban J connectivity index is 1.56. The lowest BCUT2D eigenvalue weighted by Crippen LogP contribution is -2.41. The van der Waals surface area contributed by atoms with E-state index in [1.54, 1.807) is 11.1 Å². The minimum atomic E-state index is 0.726. The van der Waals surface area contributed by atoms with Gasteiger partial charge in [-0.25, -0.2) is 0 Å². The van der Waals surface area contributed by atoms with E-state index in [2.05, 4.69) is 34.5 Å². The molecule has 0 amide bonds. The van der Waals surface area contributed by atoms with E-state index < -0.39 is 0 Å². The van der Waals surface area contributed by atoms with E-state index in [0.29, 0.717) is 0 Å². The standard InChI is InChI=1S/C17H26N2/c1-2-8-17(18-11-5-1)14-19-12-9-15-6-3-4-7-16(15)10-13-19/h3-4,6-7,17-18H,1-2,5,8-14H2. The maximum absolute atomic E-state index is 3.73. The smallest absolute Gasteiger partial charge is 0.0195 e. The molecule has 0 saturated carbocycles. The summed E-state index contributed by atoms with van der Waals surface area (Å²) in [5, 5.41) is 3.73. The molecule has 2 aliphatic rings. The van der Waals surface area contributed by atoms with E-state index in [9.17, 15) is 0 Å². The molecule has 1 N–H and O–H groups in total. The van der Waals surface area contributed by atoms with Crippen LogP contribution in [-0.4, -0.2) is 37.1 Å². The molecule has 104 valence electrons. The molecule has 1 aromatic carbocycles. The molecular weight excluding hydrogens is 232 g/mol. The number of hydrogen-bond donors (Lipinski definition) is 1. The molecule has 3 rings (SSSR count). The van der Waals surface area contributed by atoms with Crippen molar-refractivity contribution in [2.75, 3.05) is 26.2 Å². The highest BCUT2D eigenvalue weighted by Gasteiger charge is 2.18. The molecular formula is C17H26N2. The predicted octanol–water partition coefficient (Wildman–Crippen LogP) is 2.62. The Hall–Kier alpha value is -0.860. The van der Waals surface area contributed by atoms with Crippen LogP contribution in [0, 0.1) is 0 Å². The summed E-state index contributed by atoms with van der Waals surface area (Å²) in [6.07, 6.45) is 8.00. The zero-order valence-corrected chi connectivity index (χ0v) is 11.9. The minimum absolute atomic E-state index is 0.726. The van der Waals surface area contributed by atoms with Crippen molar-refractivity contribution in [3.05, 3.63) is 35.4 Å². The number of benzene rings is 1. The summed E-state index contributed by atoms with van der Waals surface area (Å²) < 4.78 is 0. The van der Waals surface area contributed by atoms with Crippen molar-refractivity contribution in [3.63, 3.8) is 0 Å². The molecule has 1 aromatic rings. The first-order valence-electron chi connectivity index (χ1n) is 7.94. The Morgan fingerprint density at radius 3 is 2.47 bits per heavy atom. The van der Waals surface area contributed by atoms with E-state index in [0.717, 1.165) is 6.04 Å². The summed E-state index contributed by atoms with van der Waals surface area (Å²) in [5.74, 6) is 0. The lowest BCUT2D eigenvalue weighted by atomic mass is 10.0. The Kier molecular flexibility index (Phi) is 4.52. The van der Waals surface area contributed by atoms with Crippen molar-refractivity contribution in [2.45, 2.75) is 44.6 Å². The topological polar surface area (TPSA) is 15.3 Å². The molecule has 0 radical (unpaired) electrons. The Labute approximate surface area is 117 Å². The highest BCUT2D eigenvalue weighted by molar-refractivity contribution is 5.28. The summed E-state index contributed by atoms with van der Waals surface area (Å²) >= 11 is 0. The van der Waals surface area contributed by atoms with Crippen LogP contribution >= 0.6 is 0 Å². The molecule has 0 aliphatic carbocycles. The van der Waals surface area contributed by atoms with E-state index in [1.165, 1.54) is 64.7 Å². The van der Waals surface area contributed by atoms with Crippen LogP contribution in [-0.2, 0) is 12.8 Å². The maximum Gasteiger partial charge on any atom is 0.0195 e. The summed E-state index contributed by atoms with van der Waals surface area (Å²) in [7, 11) is 0. The summed E-state index contributed by atoms with van der Waals surface area (Å²) in [6, 6.07) is 9.71. The number of nitrogens with zero attached hydrogens (tertiary/aromatic N) is 1. The quantitative estimate of drug-likeness (QED) is 0.877. The molecule has 2 heteroatoms. The Morgan fingerprint density at radius 1 is 1.00 bits per heavy atom. The molecule has 1 atom stereocenters. The number of fused-ring (bicyclic) bond motifs is 1. The van der Waals surface area contributed by atoms with Crippen LogP contribution in [0.1, 0.15) is 36.8 Å². The van der Waals surface area contributed by atoms with Crippen LogP contribution in [0.15, 0.2) is 24.3 Å². The fourth-order valence-electron chi connectivity index (χ4n) is 3.47. The first-order chi connectivity index (χ1) is 9.42. The van der Waals surface area contributed by atoms with Crippen molar-refractivity contribution in [3.8, 4) is 0 Å². The van der Waals surface area contributed by atoms with E-state index in [-0.39, 0.29) is 0 Å². The second-order valence-corrected chi connectivity index (χ2v) is 6.07. The van der Waals surface area contributed by atoms with Gasteiger partial charge in [0.2, 0.25) is 0 Å². The van der Waals surface area contributed by atoms with Crippen molar-refractivity contribution in [2.24, 2.45) is 0 Å². The van der Waals surface area contributed by atoms with Gasteiger partial charge in [0.25, 0.3) is 0 Å². The van der Waals surface area contributed by atoms with Gasteiger partial charge in [0.1, 0.15) is 0 Å². The number of rotatable bonds is 2. The maximum atomic E-state index is 3.73. The first-order valence-corrected chi connectivity index (χ1v) is 7.94. The van der Waals surface area contributed by atoms with Crippen LogP contribution in [0.25, 0.3) is 0 Å². The normalized spacial score (nSPS) is 25.4. The van der Waals surface area contributed by atoms with Crippen molar-refractivity contribution in [1.29, 1.82) is 0 Å². The van der Waals surface area contributed by atoms with Crippen LogP contribution in [0.4, 0.5) is 0 Å². The van der Waals surface area contributed by atoms with Gasteiger partial charge in [0, 0.05) is 25.7 Å². The molecule has 0 spiro atoms. The van der Waals surface area contributed by atoms with Gasteiger partial charge in [-0.15, -0.1) is 0 Å². The van der Waals surface area contributed by atoms with Crippen molar-refractivity contribution < 1.29 is 0 Å². The van der Waals surface area contributed by atoms with E-state index in [4.69, 9.17) is 0 Å². The highest BCUT2D eigenvalue weighted by atomic mass is 15.1. The zero-order chi connectivity index (χ0) is 12.9. The van der Waals surface area contributed by atoms with Gasteiger partial charge < -0.3 is 10.2 Å². The fraction of sp³-hybridized carbons (Fsp3) is 0.647. The van der Waals surface area contributed by atoms with Gasteiger partial charge in [-0.1, -0.05) is 37.1 Å².